The minimum Gasteiger partial charge on any atom is -0.499 e. The lowest BCUT2D eigenvalue weighted by Crippen LogP contribution is -2.04. The maximum absolute atomic E-state index is 10.7. The molecule has 0 saturated heterocycles. The molecule has 0 spiro atoms. The molecular formula is C11H22O3Si. The van der Waals surface area contributed by atoms with Gasteiger partial charge in [-0.2, -0.15) is 0 Å². The summed E-state index contributed by atoms with van der Waals surface area (Å²) in [7, 11) is -0.892. The van der Waals surface area contributed by atoms with Gasteiger partial charge in [-0.25, -0.2) is 0 Å². The molecule has 0 aliphatic heterocycles. The van der Waals surface area contributed by atoms with Crippen molar-refractivity contribution < 1.29 is 13.3 Å². The first-order valence-electron chi connectivity index (χ1n) is 5.71. The van der Waals surface area contributed by atoms with Crippen LogP contribution in [0.3, 0.4) is 0 Å². The largest absolute Gasteiger partial charge is 0.772 e. The number of unbranched alkanes of at least 4 members (excludes halogenated alkanes) is 6. The van der Waals surface area contributed by atoms with Crippen molar-refractivity contribution in [3.63, 3.8) is 0 Å². The van der Waals surface area contributed by atoms with Gasteiger partial charge >= 0.3 is 9.17 Å². The third-order valence-corrected chi connectivity index (χ3v) is 2.81. The zero-order chi connectivity index (χ0) is 11.4. The second kappa shape index (κ2) is 11.4. The predicted octanol–water partition coefficient (Wildman–Crippen LogP) is 3.33. The Morgan fingerprint density at radius 2 is 1.80 bits per heavy atom. The molecule has 0 fully saturated rings. The Hall–Kier alpha value is -0.643. The second-order valence-corrected chi connectivity index (χ2v) is 4.64. The summed E-state index contributed by atoms with van der Waals surface area (Å²) in [4.78, 5) is 0. The first-order valence-corrected chi connectivity index (χ1v) is 6.93. The lowest BCUT2D eigenvalue weighted by Gasteiger charge is -1.97. The smallest absolute Gasteiger partial charge is 0.499 e. The van der Waals surface area contributed by atoms with Gasteiger partial charge in [-0.1, -0.05) is 45.1 Å². The Morgan fingerprint density at radius 3 is 2.47 bits per heavy atom. The van der Waals surface area contributed by atoms with Gasteiger partial charge in [-0.15, -0.1) is 0 Å². The lowest BCUT2D eigenvalue weighted by molar-refractivity contribution is 0.258. The van der Waals surface area contributed by atoms with Crippen LogP contribution in [-0.4, -0.2) is 16.3 Å². The minimum atomic E-state index is -2.27. The highest BCUT2D eigenvalue weighted by atomic mass is 28.3. The van der Waals surface area contributed by atoms with Crippen molar-refractivity contribution >= 4 is 9.17 Å². The molecule has 0 saturated carbocycles. The van der Waals surface area contributed by atoms with E-state index in [1.165, 1.54) is 51.9 Å². The Labute approximate surface area is 94.4 Å². The van der Waals surface area contributed by atoms with Gasteiger partial charge in [0.05, 0.1) is 13.4 Å². The Bertz CT molecular complexity index is 181. The highest BCUT2D eigenvalue weighted by Gasteiger charge is 2.03. The Kier molecular flexibility index (Phi) is 10.9. The lowest BCUT2D eigenvalue weighted by atomic mass is 10.1. The maximum atomic E-state index is 10.7. The van der Waals surface area contributed by atoms with Gasteiger partial charge in [-0.05, 0) is 12.8 Å². The molecule has 0 amide bonds. The summed E-state index contributed by atoms with van der Waals surface area (Å²) in [5, 5.41) is 0. The van der Waals surface area contributed by atoms with E-state index in [0.717, 1.165) is 6.42 Å². The average molecular weight is 230 g/mol. The van der Waals surface area contributed by atoms with Crippen LogP contribution in [0.25, 0.3) is 0 Å². The summed E-state index contributed by atoms with van der Waals surface area (Å²) >= 11 is 0. The van der Waals surface area contributed by atoms with Crippen molar-refractivity contribution in [2.45, 2.75) is 51.9 Å². The molecule has 0 atom stereocenters. The van der Waals surface area contributed by atoms with Crippen LogP contribution >= 0.6 is 0 Å². The van der Waals surface area contributed by atoms with Crippen LogP contribution in [0.2, 0.25) is 0 Å². The van der Waals surface area contributed by atoms with Gasteiger partial charge in [0.25, 0.3) is 0 Å². The number of rotatable bonds is 10. The van der Waals surface area contributed by atoms with Gasteiger partial charge in [0.2, 0.25) is 0 Å². The van der Waals surface area contributed by atoms with E-state index in [0.29, 0.717) is 0 Å². The molecule has 3 nitrogen and oxygen atoms in total. The van der Waals surface area contributed by atoms with Gasteiger partial charge < -0.3 is 8.85 Å². The first kappa shape index (κ1) is 14.4. The van der Waals surface area contributed by atoms with Crippen LogP contribution in [0.15, 0.2) is 12.3 Å². The van der Waals surface area contributed by atoms with Gasteiger partial charge in [0.1, 0.15) is 0 Å². The molecule has 0 rings (SSSR count). The highest BCUT2D eigenvalue weighted by molar-refractivity contribution is 6.26. The molecule has 0 bridgehead atoms. The second-order valence-electron chi connectivity index (χ2n) is 3.50. The van der Waals surface area contributed by atoms with Crippen molar-refractivity contribution in [2.24, 2.45) is 0 Å². The molecule has 0 aliphatic rings. The molecule has 0 aromatic rings. The van der Waals surface area contributed by atoms with Crippen LogP contribution in [0.5, 0.6) is 0 Å². The van der Waals surface area contributed by atoms with E-state index >= 15 is 0 Å². The number of allylic oxidation sites excluding steroid dienone is 1. The standard InChI is InChI=1S/C11H22O3Si/c1-3-4-5-6-7-8-9-10-11-14-15(12)13-2/h10-11H,3-9H2,1-2H3/b11-10+. The molecule has 15 heavy (non-hydrogen) atoms. The van der Waals surface area contributed by atoms with Crippen molar-refractivity contribution in [3.8, 4) is 0 Å². The van der Waals surface area contributed by atoms with Gasteiger partial charge in [-0.3, -0.25) is 4.46 Å². The molecular weight excluding hydrogens is 208 g/mol. The molecule has 0 radical (unpaired) electrons. The molecule has 4 heteroatoms. The van der Waals surface area contributed by atoms with Crippen LogP contribution in [0.1, 0.15) is 51.9 Å². The quantitative estimate of drug-likeness (QED) is 0.328. The molecule has 0 aliphatic carbocycles. The van der Waals surface area contributed by atoms with E-state index in [2.05, 4.69) is 11.3 Å². The third kappa shape index (κ3) is 11.3. The number of hydrogen-bond acceptors (Lipinski definition) is 3. The molecule has 0 N–H and O–H groups in total. The van der Waals surface area contributed by atoms with Crippen LogP contribution in [0.4, 0.5) is 0 Å². The first-order chi connectivity index (χ1) is 7.31. The van der Waals surface area contributed by atoms with Crippen molar-refractivity contribution in [2.75, 3.05) is 7.11 Å². The van der Waals surface area contributed by atoms with E-state index in [4.69, 9.17) is 4.43 Å². The van der Waals surface area contributed by atoms with Gasteiger partial charge in [0, 0.05) is 0 Å². The maximum Gasteiger partial charge on any atom is 0.772 e. The summed E-state index contributed by atoms with van der Waals surface area (Å²) in [5.74, 6) is 0. The fourth-order valence-corrected chi connectivity index (χ4v) is 1.57. The van der Waals surface area contributed by atoms with Crippen LogP contribution in [-0.2, 0) is 13.3 Å². The summed E-state index contributed by atoms with van der Waals surface area (Å²) < 4.78 is 20.0. The Morgan fingerprint density at radius 1 is 1.13 bits per heavy atom. The monoisotopic (exact) mass is 230 g/mol. The van der Waals surface area contributed by atoms with Crippen molar-refractivity contribution in [1.29, 1.82) is 0 Å². The van der Waals surface area contributed by atoms with Gasteiger partial charge in [0.15, 0.2) is 0 Å². The SMILES string of the molecule is CCCCCCCC/C=C/O[Si](=O)OC. The minimum absolute atomic E-state index is 0.991. The molecule has 0 unspecified atom stereocenters. The average Bonchev–Trinajstić information content (AvgIpc) is 2.26. The predicted molar refractivity (Wildman–Crippen MR) is 61.7 cm³/mol. The summed E-state index contributed by atoms with van der Waals surface area (Å²) in [6.45, 7) is 2.22. The number of hydrogen-bond donors (Lipinski definition) is 0. The van der Waals surface area contributed by atoms with E-state index in [-0.39, 0.29) is 0 Å². The molecule has 0 aromatic carbocycles. The molecule has 0 heterocycles. The van der Waals surface area contributed by atoms with Crippen molar-refractivity contribution in [1.82, 2.24) is 0 Å². The zero-order valence-corrected chi connectivity index (χ0v) is 10.8. The van der Waals surface area contributed by atoms with E-state index in [1.54, 1.807) is 0 Å². The fraction of sp³-hybridized carbons (Fsp3) is 0.818. The van der Waals surface area contributed by atoms with E-state index < -0.39 is 9.17 Å². The normalized spacial score (nSPS) is 10.5. The van der Waals surface area contributed by atoms with E-state index in [9.17, 15) is 4.46 Å². The summed E-state index contributed by atoms with van der Waals surface area (Å²) in [6, 6.07) is 0. The van der Waals surface area contributed by atoms with Crippen LogP contribution in [0, 0.1) is 0 Å². The Balaban J connectivity index is 3.13. The summed E-state index contributed by atoms with van der Waals surface area (Å²) in [6.07, 6.45) is 12.1. The molecule has 0 aromatic heterocycles. The highest BCUT2D eigenvalue weighted by Crippen LogP contribution is 2.06. The third-order valence-electron chi connectivity index (χ3n) is 2.15. The zero-order valence-electron chi connectivity index (χ0n) is 9.83. The summed E-state index contributed by atoms with van der Waals surface area (Å²) in [5.41, 5.74) is 0. The van der Waals surface area contributed by atoms with Crippen molar-refractivity contribution in [3.05, 3.63) is 12.3 Å². The van der Waals surface area contributed by atoms with E-state index in [1.807, 2.05) is 6.08 Å². The fourth-order valence-electron chi connectivity index (χ4n) is 1.26. The van der Waals surface area contributed by atoms with Crippen LogP contribution < -0.4 is 0 Å². The molecule has 88 valence electrons. The topological polar surface area (TPSA) is 35.5 Å².